The minimum atomic E-state index is -0.235. The van der Waals surface area contributed by atoms with Gasteiger partial charge in [-0.15, -0.1) is 0 Å². The van der Waals surface area contributed by atoms with E-state index in [1.165, 1.54) is 6.26 Å². The highest BCUT2D eigenvalue weighted by molar-refractivity contribution is 5.89. The number of cyclic esters (lactones) is 1. The number of hydrogen-bond donors (Lipinski definition) is 1. The van der Waals surface area contributed by atoms with E-state index in [0.717, 1.165) is 58.6 Å². The molecule has 0 aliphatic carbocycles. The molecule has 178 valence electrons. The van der Waals surface area contributed by atoms with Gasteiger partial charge in [0.1, 0.15) is 29.9 Å². The fourth-order valence-corrected chi connectivity index (χ4v) is 4.76. The molecule has 35 heavy (non-hydrogen) atoms. The molecule has 2 aromatic carbocycles. The van der Waals surface area contributed by atoms with Gasteiger partial charge in [-0.05, 0) is 48.9 Å². The highest BCUT2D eigenvalue weighted by Gasteiger charge is 2.28. The standard InChI is InChI=1S/C26H25N5O4/c32-26-18(9-12-34-26)8-11-33-20-7-6-17-3-1-5-22(21(17)13-20)35-14-19-4-2-10-31(19)25-23-24(28-15-27-23)29-16-30-25/h1,3,5-7,9,12-13,15-16,18-19H,2,4,8,10-11,14H2,(H,27,28,29,30). The second kappa shape index (κ2) is 9.25. The number of aromatic amines is 1. The summed E-state index contributed by atoms with van der Waals surface area (Å²) in [6, 6.07) is 12.2. The van der Waals surface area contributed by atoms with Crippen LogP contribution in [0, 0.1) is 5.92 Å². The number of fused-ring (bicyclic) bond motifs is 2. The fourth-order valence-electron chi connectivity index (χ4n) is 4.76. The lowest BCUT2D eigenvalue weighted by atomic mass is 10.1. The lowest BCUT2D eigenvalue weighted by Crippen LogP contribution is -2.35. The van der Waals surface area contributed by atoms with Crippen LogP contribution in [0.25, 0.3) is 21.9 Å². The van der Waals surface area contributed by atoms with E-state index in [4.69, 9.17) is 14.2 Å². The molecule has 0 radical (unpaired) electrons. The van der Waals surface area contributed by atoms with Gasteiger partial charge in [0.05, 0.1) is 31.2 Å². The van der Waals surface area contributed by atoms with E-state index in [0.29, 0.717) is 19.6 Å². The Hall–Kier alpha value is -4.14. The number of rotatable bonds is 8. The zero-order valence-electron chi connectivity index (χ0n) is 19.1. The molecule has 2 aliphatic rings. The monoisotopic (exact) mass is 471 g/mol. The molecular formula is C26H25N5O4. The maximum Gasteiger partial charge on any atom is 0.317 e. The topological polar surface area (TPSA) is 102 Å². The van der Waals surface area contributed by atoms with Gasteiger partial charge in [-0.1, -0.05) is 18.2 Å². The third-order valence-electron chi connectivity index (χ3n) is 6.59. The van der Waals surface area contributed by atoms with Gasteiger partial charge in [0, 0.05) is 11.9 Å². The molecule has 1 fully saturated rings. The highest BCUT2D eigenvalue weighted by Crippen LogP contribution is 2.32. The van der Waals surface area contributed by atoms with Crippen molar-refractivity contribution < 1.29 is 19.0 Å². The first-order valence-electron chi connectivity index (χ1n) is 11.8. The fraction of sp³-hybridized carbons (Fsp3) is 0.308. The van der Waals surface area contributed by atoms with Crippen molar-refractivity contribution in [2.24, 2.45) is 5.92 Å². The van der Waals surface area contributed by atoms with Gasteiger partial charge < -0.3 is 24.1 Å². The summed E-state index contributed by atoms with van der Waals surface area (Å²) in [5.74, 6) is 1.94. The van der Waals surface area contributed by atoms with Crippen LogP contribution < -0.4 is 14.4 Å². The molecule has 0 saturated carbocycles. The van der Waals surface area contributed by atoms with Crippen LogP contribution in [0.15, 0.2) is 61.4 Å². The Kier molecular flexibility index (Phi) is 5.65. The minimum absolute atomic E-state index is 0.193. The van der Waals surface area contributed by atoms with Gasteiger partial charge in [-0.25, -0.2) is 15.0 Å². The Labute approximate surface area is 201 Å². The Bertz CT molecular complexity index is 1400. The molecule has 2 atom stereocenters. The molecule has 2 aromatic heterocycles. The minimum Gasteiger partial charge on any atom is -0.494 e. The van der Waals surface area contributed by atoms with Crippen molar-refractivity contribution in [2.45, 2.75) is 25.3 Å². The Morgan fingerprint density at radius 2 is 2.11 bits per heavy atom. The number of nitrogens with zero attached hydrogens (tertiary/aromatic N) is 4. The van der Waals surface area contributed by atoms with E-state index in [1.54, 1.807) is 18.7 Å². The van der Waals surface area contributed by atoms with Crippen molar-refractivity contribution in [3.63, 3.8) is 0 Å². The summed E-state index contributed by atoms with van der Waals surface area (Å²) in [5, 5.41) is 2.07. The summed E-state index contributed by atoms with van der Waals surface area (Å²) in [4.78, 5) is 30.1. The molecular weight excluding hydrogens is 446 g/mol. The van der Waals surface area contributed by atoms with Gasteiger partial charge in [0.15, 0.2) is 11.5 Å². The van der Waals surface area contributed by atoms with Crippen molar-refractivity contribution >= 4 is 33.7 Å². The number of carbonyl (C=O) groups is 1. The molecule has 4 heterocycles. The molecule has 4 aromatic rings. The number of anilines is 1. The van der Waals surface area contributed by atoms with Gasteiger partial charge >= 0.3 is 5.97 Å². The lowest BCUT2D eigenvalue weighted by Gasteiger charge is -2.26. The van der Waals surface area contributed by atoms with Gasteiger partial charge in [0.2, 0.25) is 0 Å². The molecule has 6 rings (SSSR count). The first-order chi connectivity index (χ1) is 17.3. The second-order valence-electron chi connectivity index (χ2n) is 8.75. The van der Waals surface area contributed by atoms with Crippen LogP contribution in [-0.4, -0.2) is 51.7 Å². The number of benzene rings is 2. The normalized spacial score (nSPS) is 19.5. The predicted molar refractivity (Wildman–Crippen MR) is 130 cm³/mol. The maximum absolute atomic E-state index is 11.6. The summed E-state index contributed by atoms with van der Waals surface area (Å²) in [6.45, 7) is 1.87. The van der Waals surface area contributed by atoms with Crippen molar-refractivity contribution in [1.29, 1.82) is 0 Å². The zero-order chi connectivity index (χ0) is 23.6. The molecule has 9 heteroatoms. The van der Waals surface area contributed by atoms with E-state index >= 15 is 0 Å². The largest absolute Gasteiger partial charge is 0.494 e. The SMILES string of the molecule is O=C1OC=CC1CCOc1ccc2cccc(OCC3CCCN3c3ncnc4[nH]cnc34)c2c1. The summed E-state index contributed by atoms with van der Waals surface area (Å²) in [7, 11) is 0. The molecule has 1 saturated heterocycles. The second-order valence-corrected chi connectivity index (χ2v) is 8.75. The molecule has 9 nitrogen and oxygen atoms in total. The maximum atomic E-state index is 11.6. The number of ether oxygens (including phenoxy) is 3. The van der Waals surface area contributed by atoms with Crippen molar-refractivity contribution in [2.75, 3.05) is 24.7 Å². The van der Waals surface area contributed by atoms with E-state index in [-0.39, 0.29) is 17.9 Å². The molecule has 2 unspecified atom stereocenters. The number of esters is 1. The predicted octanol–water partition coefficient (Wildman–Crippen LogP) is 4.01. The van der Waals surface area contributed by atoms with Gasteiger partial charge in [0.25, 0.3) is 0 Å². The van der Waals surface area contributed by atoms with Crippen molar-refractivity contribution in [3.05, 3.63) is 61.4 Å². The third kappa shape index (κ3) is 4.25. The molecule has 0 spiro atoms. The third-order valence-corrected chi connectivity index (χ3v) is 6.59. The molecule has 2 aliphatic heterocycles. The average Bonchev–Trinajstić information content (AvgIpc) is 3.64. The number of H-pyrrole nitrogens is 1. The number of aromatic nitrogens is 4. The molecule has 0 amide bonds. The Morgan fingerprint density at radius 1 is 1.14 bits per heavy atom. The summed E-state index contributed by atoms with van der Waals surface area (Å²) >= 11 is 0. The summed E-state index contributed by atoms with van der Waals surface area (Å²) in [5.41, 5.74) is 1.52. The average molecular weight is 472 g/mol. The number of hydrogen-bond acceptors (Lipinski definition) is 8. The van der Waals surface area contributed by atoms with Gasteiger partial charge in [-0.2, -0.15) is 0 Å². The highest BCUT2D eigenvalue weighted by atomic mass is 16.5. The van der Waals surface area contributed by atoms with Crippen molar-refractivity contribution in [1.82, 2.24) is 19.9 Å². The van der Waals surface area contributed by atoms with Crippen LogP contribution in [0.4, 0.5) is 5.82 Å². The number of nitrogens with one attached hydrogen (secondary N) is 1. The first kappa shape index (κ1) is 21.4. The van der Waals surface area contributed by atoms with E-state index < -0.39 is 0 Å². The Balaban J connectivity index is 1.16. The van der Waals surface area contributed by atoms with Crippen LogP contribution in [0.2, 0.25) is 0 Å². The number of imidazole rings is 1. The van der Waals surface area contributed by atoms with Crippen LogP contribution in [-0.2, 0) is 9.53 Å². The quantitative estimate of drug-likeness (QED) is 0.385. The number of carbonyl (C=O) groups excluding carboxylic acids is 1. The van der Waals surface area contributed by atoms with E-state index in [1.807, 2.05) is 30.3 Å². The smallest absolute Gasteiger partial charge is 0.317 e. The molecule has 0 bridgehead atoms. The lowest BCUT2D eigenvalue weighted by molar-refractivity contribution is -0.139. The van der Waals surface area contributed by atoms with E-state index in [9.17, 15) is 4.79 Å². The van der Waals surface area contributed by atoms with Crippen LogP contribution in [0.5, 0.6) is 11.5 Å². The summed E-state index contributed by atoms with van der Waals surface area (Å²) < 4.78 is 17.2. The van der Waals surface area contributed by atoms with Crippen LogP contribution in [0.3, 0.4) is 0 Å². The molecule has 1 N–H and O–H groups in total. The Morgan fingerprint density at radius 3 is 3.03 bits per heavy atom. The zero-order valence-corrected chi connectivity index (χ0v) is 19.1. The van der Waals surface area contributed by atoms with Gasteiger partial charge in [-0.3, -0.25) is 4.79 Å². The van der Waals surface area contributed by atoms with Crippen LogP contribution >= 0.6 is 0 Å². The van der Waals surface area contributed by atoms with E-state index in [2.05, 4.69) is 30.9 Å². The van der Waals surface area contributed by atoms with Crippen molar-refractivity contribution in [3.8, 4) is 11.5 Å². The summed E-state index contributed by atoms with van der Waals surface area (Å²) in [6.07, 6.45) is 9.10. The first-order valence-corrected chi connectivity index (χ1v) is 11.8. The van der Waals surface area contributed by atoms with Crippen LogP contribution in [0.1, 0.15) is 19.3 Å².